The van der Waals surface area contributed by atoms with Gasteiger partial charge in [-0.3, -0.25) is 9.59 Å². The fraction of sp³-hybridized carbons (Fsp3) is 0.640. The SMILES string of the molecule is CCC(C)(C)[C@@H]1CCc2c(sc(NC(=O)[C@H]3CC(C)=C(C)C[C@H]3C(=O)O)c2C(=O)OC)C1. The van der Waals surface area contributed by atoms with Gasteiger partial charge in [0.25, 0.3) is 0 Å². The Bertz CT molecular complexity index is 958. The minimum Gasteiger partial charge on any atom is -0.481 e. The number of allylic oxidation sites excluding steroid dienone is 2. The van der Waals surface area contributed by atoms with Crippen LogP contribution in [0.1, 0.15) is 81.1 Å². The molecule has 0 saturated heterocycles. The number of fused-ring (bicyclic) bond motifs is 1. The van der Waals surface area contributed by atoms with Crippen LogP contribution in [0, 0.1) is 23.2 Å². The van der Waals surface area contributed by atoms with Crippen molar-refractivity contribution in [2.75, 3.05) is 12.4 Å². The highest BCUT2D eigenvalue weighted by atomic mass is 32.1. The van der Waals surface area contributed by atoms with Gasteiger partial charge in [0.15, 0.2) is 0 Å². The van der Waals surface area contributed by atoms with E-state index in [0.29, 0.717) is 29.3 Å². The number of hydrogen-bond donors (Lipinski definition) is 2. The number of aliphatic carboxylic acids is 1. The van der Waals surface area contributed by atoms with Gasteiger partial charge in [0.2, 0.25) is 5.91 Å². The number of carboxylic acid groups (broad SMARTS) is 1. The Morgan fingerprint density at radius 1 is 1.12 bits per heavy atom. The predicted octanol–water partition coefficient (Wildman–Crippen LogP) is 5.46. The van der Waals surface area contributed by atoms with Crippen LogP contribution in [0.4, 0.5) is 5.00 Å². The zero-order chi connectivity index (χ0) is 23.8. The van der Waals surface area contributed by atoms with E-state index in [0.717, 1.165) is 47.3 Å². The van der Waals surface area contributed by atoms with E-state index in [1.54, 1.807) is 0 Å². The Morgan fingerprint density at radius 3 is 2.31 bits per heavy atom. The van der Waals surface area contributed by atoms with Gasteiger partial charge >= 0.3 is 11.9 Å². The molecule has 0 radical (unpaired) electrons. The molecule has 0 spiro atoms. The summed E-state index contributed by atoms with van der Waals surface area (Å²) in [5.41, 5.74) is 3.72. The number of anilines is 1. The van der Waals surface area contributed by atoms with E-state index in [-0.39, 0.29) is 11.3 Å². The van der Waals surface area contributed by atoms with Crippen LogP contribution in [0.2, 0.25) is 0 Å². The number of esters is 1. The standard InChI is InChI=1S/C25H35NO5S/c1-7-25(4,5)15-8-9-16-19(12-15)32-22(20(16)24(30)31-6)26-21(27)17-10-13(2)14(3)11-18(17)23(28)29/h15,17-18H,7-12H2,1-6H3,(H,26,27)(H,28,29)/t15-,17+,18-/m1/s1. The lowest BCUT2D eigenvalue weighted by atomic mass is 9.69. The van der Waals surface area contributed by atoms with Crippen molar-refractivity contribution in [2.24, 2.45) is 23.2 Å². The van der Waals surface area contributed by atoms with Gasteiger partial charge in [-0.15, -0.1) is 11.3 Å². The van der Waals surface area contributed by atoms with Crippen molar-refractivity contribution in [3.8, 4) is 0 Å². The molecule has 3 atom stereocenters. The fourth-order valence-corrected chi connectivity index (χ4v) is 6.30. The summed E-state index contributed by atoms with van der Waals surface area (Å²) in [4.78, 5) is 38.9. The van der Waals surface area contributed by atoms with Gasteiger partial charge in [-0.2, -0.15) is 0 Å². The molecule has 0 aliphatic heterocycles. The van der Waals surface area contributed by atoms with Crippen molar-refractivity contribution in [1.29, 1.82) is 0 Å². The molecule has 1 amide bonds. The molecule has 0 bridgehead atoms. The number of thiophene rings is 1. The lowest BCUT2D eigenvalue weighted by Crippen LogP contribution is -2.36. The van der Waals surface area contributed by atoms with Crippen molar-refractivity contribution < 1.29 is 24.2 Å². The summed E-state index contributed by atoms with van der Waals surface area (Å²) in [6.45, 7) is 10.7. The zero-order valence-corrected chi connectivity index (χ0v) is 20.8. The van der Waals surface area contributed by atoms with Gasteiger partial charge in [-0.25, -0.2) is 4.79 Å². The number of nitrogens with one attached hydrogen (secondary N) is 1. The Labute approximate surface area is 194 Å². The van der Waals surface area contributed by atoms with Crippen LogP contribution in [0.5, 0.6) is 0 Å². The van der Waals surface area contributed by atoms with Crippen molar-refractivity contribution in [3.05, 3.63) is 27.2 Å². The van der Waals surface area contributed by atoms with Crippen LogP contribution < -0.4 is 5.32 Å². The molecule has 1 aromatic heterocycles. The molecule has 2 aliphatic carbocycles. The lowest BCUT2D eigenvalue weighted by molar-refractivity contribution is -0.146. The average molecular weight is 462 g/mol. The first-order valence-electron chi connectivity index (χ1n) is 11.4. The van der Waals surface area contributed by atoms with Crippen LogP contribution in [0.15, 0.2) is 11.1 Å². The number of carbonyl (C=O) groups excluding carboxylic acids is 2. The summed E-state index contributed by atoms with van der Waals surface area (Å²) < 4.78 is 5.05. The van der Waals surface area contributed by atoms with E-state index in [1.165, 1.54) is 18.4 Å². The maximum Gasteiger partial charge on any atom is 0.341 e. The zero-order valence-electron chi connectivity index (χ0n) is 20.0. The minimum atomic E-state index is -0.958. The van der Waals surface area contributed by atoms with E-state index >= 15 is 0 Å². The number of rotatable bonds is 6. The van der Waals surface area contributed by atoms with E-state index in [4.69, 9.17) is 4.74 Å². The van der Waals surface area contributed by atoms with Gasteiger partial charge in [-0.1, -0.05) is 38.3 Å². The second kappa shape index (κ2) is 9.38. The maximum absolute atomic E-state index is 13.2. The third kappa shape index (κ3) is 4.63. The van der Waals surface area contributed by atoms with Gasteiger partial charge in [0, 0.05) is 4.88 Å². The lowest BCUT2D eigenvalue weighted by Gasteiger charge is -2.36. The molecule has 0 saturated carbocycles. The molecule has 2 aliphatic rings. The van der Waals surface area contributed by atoms with Gasteiger partial charge in [-0.05, 0) is 62.8 Å². The molecule has 0 unspecified atom stereocenters. The molecule has 1 aromatic rings. The number of ether oxygens (including phenoxy) is 1. The summed E-state index contributed by atoms with van der Waals surface area (Å²) >= 11 is 1.45. The van der Waals surface area contributed by atoms with E-state index < -0.39 is 23.8 Å². The molecule has 2 N–H and O–H groups in total. The minimum absolute atomic E-state index is 0.203. The second-order valence-electron chi connectivity index (χ2n) is 9.99. The molecule has 32 heavy (non-hydrogen) atoms. The number of methoxy groups -OCH3 is 1. The van der Waals surface area contributed by atoms with Crippen LogP contribution >= 0.6 is 11.3 Å². The summed E-state index contributed by atoms with van der Waals surface area (Å²) in [6.07, 6.45) is 4.52. The Balaban J connectivity index is 1.92. The average Bonchev–Trinajstić information content (AvgIpc) is 3.11. The molecule has 6 nitrogen and oxygen atoms in total. The fourth-order valence-electron chi connectivity index (χ4n) is 4.98. The molecule has 3 rings (SSSR count). The molecule has 176 valence electrons. The highest BCUT2D eigenvalue weighted by Gasteiger charge is 2.39. The summed E-state index contributed by atoms with van der Waals surface area (Å²) in [6, 6.07) is 0. The number of carbonyl (C=O) groups is 3. The van der Waals surface area contributed by atoms with Crippen LogP contribution in [-0.4, -0.2) is 30.1 Å². The largest absolute Gasteiger partial charge is 0.481 e. The first-order valence-corrected chi connectivity index (χ1v) is 12.2. The highest BCUT2D eigenvalue weighted by Crippen LogP contribution is 2.46. The number of amides is 1. The smallest absolute Gasteiger partial charge is 0.341 e. The molecule has 0 aromatic carbocycles. The topological polar surface area (TPSA) is 92.7 Å². The first-order chi connectivity index (χ1) is 15.0. The van der Waals surface area contributed by atoms with E-state index in [2.05, 4.69) is 26.1 Å². The van der Waals surface area contributed by atoms with Gasteiger partial charge in [0.1, 0.15) is 5.00 Å². The van der Waals surface area contributed by atoms with Gasteiger partial charge in [0.05, 0.1) is 24.5 Å². The van der Waals surface area contributed by atoms with Crippen LogP contribution in [0.25, 0.3) is 0 Å². The molecular weight excluding hydrogens is 426 g/mol. The van der Waals surface area contributed by atoms with Crippen LogP contribution in [-0.2, 0) is 27.2 Å². The molecule has 7 heteroatoms. The number of hydrogen-bond acceptors (Lipinski definition) is 5. The summed E-state index contributed by atoms with van der Waals surface area (Å²) in [7, 11) is 1.35. The summed E-state index contributed by atoms with van der Waals surface area (Å²) in [5, 5.41) is 13.1. The first kappa shape index (κ1) is 24.5. The van der Waals surface area contributed by atoms with Crippen molar-refractivity contribution in [2.45, 2.75) is 73.1 Å². The normalized spacial score (nSPS) is 23.5. The van der Waals surface area contributed by atoms with E-state index in [1.807, 2.05) is 13.8 Å². The van der Waals surface area contributed by atoms with Crippen molar-refractivity contribution in [1.82, 2.24) is 0 Å². The quantitative estimate of drug-likeness (QED) is 0.433. The highest BCUT2D eigenvalue weighted by molar-refractivity contribution is 7.17. The third-order valence-corrected chi connectivity index (χ3v) is 9.00. The second-order valence-corrected chi connectivity index (χ2v) is 11.1. The predicted molar refractivity (Wildman–Crippen MR) is 126 cm³/mol. The van der Waals surface area contributed by atoms with Gasteiger partial charge < -0.3 is 15.2 Å². The number of carboxylic acids is 1. The molecule has 0 fully saturated rings. The van der Waals surface area contributed by atoms with Crippen LogP contribution in [0.3, 0.4) is 0 Å². The van der Waals surface area contributed by atoms with Crippen molar-refractivity contribution >= 4 is 34.2 Å². The molecule has 1 heterocycles. The third-order valence-electron chi connectivity index (χ3n) is 7.83. The maximum atomic E-state index is 13.2. The Morgan fingerprint density at radius 2 is 1.75 bits per heavy atom. The molecular formula is C25H35NO5S. The van der Waals surface area contributed by atoms with E-state index in [9.17, 15) is 19.5 Å². The van der Waals surface area contributed by atoms with Crippen molar-refractivity contribution in [3.63, 3.8) is 0 Å². The summed E-state index contributed by atoms with van der Waals surface area (Å²) in [5.74, 6) is -2.65. The Kier molecular flexibility index (Phi) is 7.18. The monoisotopic (exact) mass is 461 g/mol. The Hall–Kier alpha value is -2.15.